The summed E-state index contributed by atoms with van der Waals surface area (Å²) < 4.78 is 0. The van der Waals surface area contributed by atoms with E-state index in [1.54, 1.807) is 0 Å². The molecule has 1 aliphatic rings. The molecule has 2 atom stereocenters. The highest BCUT2D eigenvalue weighted by Crippen LogP contribution is 2.41. The molecule has 2 unspecified atom stereocenters. The average Bonchev–Trinajstić information content (AvgIpc) is 2.29. The van der Waals surface area contributed by atoms with Gasteiger partial charge in [-0.25, -0.2) is 0 Å². The van der Waals surface area contributed by atoms with E-state index in [2.05, 4.69) is 38.2 Å². The first-order chi connectivity index (χ1) is 7.98. The molecule has 0 saturated carbocycles. The summed E-state index contributed by atoms with van der Waals surface area (Å²) in [7, 11) is 0. The first-order valence-corrected chi connectivity index (χ1v) is 6.82. The SMILES string of the molecule is CC(C)(C)C1CCNCC1c1ccc(Cl)cc1. The van der Waals surface area contributed by atoms with Gasteiger partial charge >= 0.3 is 0 Å². The number of rotatable bonds is 1. The van der Waals surface area contributed by atoms with E-state index in [1.165, 1.54) is 12.0 Å². The first kappa shape index (κ1) is 12.9. The highest BCUT2D eigenvalue weighted by Gasteiger charge is 2.34. The van der Waals surface area contributed by atoms with Gasteiger partial charge in [0.1, 0.15) is 0 Å². The average molecular weight is 252 g/mol. The Morgan fingerprint density at radius 2 is 1.82 bits per heavy atom. The Morgan fingerprint density at radius 3 is 2.41 bits per heavy atom. The smallest absolute Gasteiger partial charge is 0.0406 e. The van der Waals surface area contributed by atoms with Crippen LogP contribution in [0.25, 0.3) is 0 Å². The van der Waals surface area contributed by atoms with Crippen LogP contribution in [0.3, 0.4) is 0 Å². The number of hydrogen-bond donors (Lipinski definition) is 1. The largest absolute Gasteiger partial charge is 0.316 e. The second kappa shape index (κ2) is 4.99. The predicted molar refractivity (Wildman–Crippen MR) is 74.6 cm³/mol. The van der Waals surface area contributed by atoms with Gasteiger partial charge in [0.15, 0.2) is 0 Å². The summed E-state index contributed by atoms with van der Waals surface area (Å²) in [5.41, 5.74) is 1.79. The van der Waals surface area contributed by atoms with Crippen LogP contribution in [0, 0.1) is 11.3 Å². The molecule has 0 bridgehead atoms. The Labute approximate surface area is 110 Å². The molecule has 1 aromatic rings. The fourth-order valence-electron chi connectivity index (χ4n) is 2.96. The minimum atomic E-state index is 0.367. The Bertz CT molecular complexity index is 364. The molecule has 17 heavy (non-hydrogen) atoms. The second-order valence-corrected chi connectivity index (χ2v) is 6.56. The Balaban J connectivity index is 2.25. The number of nitrogens with one attached hydrogen (secondary N) is 1. The molecule has 1 aliphatic heterocycles. The summed E-state index contributed by atoms with van der Waals surface area (Å²) in [6, 6.07) is 8.37. The minimum absolute atomic E-state index is 0.367. The molecule has 0 radical (unpaired) electrons. The lowest BCUT2D eigenvalue weighted by atomic mass is 9.68. The molecule has 1 nitrogen and oxygen atoms in total. The van der Waals surface area contributed by atoms with Crippen molar-refractivity contribution in [3.8, 4) is 0 Å². The number of benzene rings is 1. The van der Waals surface area contributed by atoms with Crippen LogP contribution in [0.5, 0.6) is 0 Å². The zero-order chi connectivity index (χ0) is 12.5. The number of hydrogen-bond acceptors (Lipinski definition) is 1. The summed E-state index contributed by atoms with van der Waals surface area (Å²) in [5.74, 6) is 1.35. The third-order valence-electron chi connectivity index (χ3n) is 3.89. The topological polar surface area (TPSA) is 12.0 Å². The van der Waals surface area contributed by atoms with Crippen molar-refractivity contribution in [2.24, 2.45) is 11.3 Å². The number of piperidine rings is 1. The van der Waals surface area contributed by atoms with Crippen molar-refractivity contribution in [1.29, 1.82) is 0 Å². The molecule has 2 heteroatoms. The Morgan fingerprint density at radius 1 is 1.18 bits per heavy atom. The monoisotopic (exact) mass is 251 g/mol. The van der Waals surface area contributed by atoms with Gasteiger partial charge in [-0.3, -0.25) is 0 Å². The quantitative estimate of drug-likeness (QED) is 0.793. The van der Waals surface area contributed by atoms with Gasteiger partial charge in [0.25, 0.3) is 0 Å². The van der Waals surface area contributed by atoms with E-state index in [0.717, 1.165) is 24.0 Å². The molecule has 0 aliphatic carbocycles. The van der Waals surface area contributed by atoms with E-state index < -0.39 is 0 Å². The maximum Gasteiger partial charge on any atom is 0.0406 e. The molecule has 94 valence electrons. The van der Waals surface area contributed by atoms with Gasteiger partial charge in [-0.2, -0.15) is 0 Å². The van der Waals surface area contributed by atoms with Crippen molar-refractivity contribution in [2.45, 2.75) is 33.1 Å². The van der Waals surface area contributed by atoms with E-state index in [0.29, 0.717) is 11.3 Å². The van der Waals surface area contributed by atoms with E-state index in [1.807, 2.05) is 12.1 Å². The minimum Gasteiger partial charge on any atom is -0.316 e. The summed E-state index contributed by atoms with van der Waals surface area (Å²) in [5, 5.41) is 4.34. The van der Waals surface area contributed by atoms with Crippen LogP contribution in [0.4, 0.5) is 0 Å². The van der Waals surface area contributed by atoms with Crippen molar-refractivity contribution in [3.05, 3.63) is 34.9 Å². The van der Waals surface area contributed by atoms with Crippen LogP contribution in [-0.4, -0.2) is 13.1 Å². The summed E-state index contributed by atoms with van der Waals surface area (Å²) in [4.78, 5) is 0. The first-order valence-electron chi connectivity index (χ1n) is 6.44. The van der Waals surface area contributed by atoms with E-state index in [9.17, 15) is 0 Å². The van der Waals surface area contributed by atoms with Gasteiger partial charge in [0.05, 0.1) is 0 Å². The standard InChI is InChI=1S/C15H22ClN/c1-15(2,3)14-8-9-17-10-13(14)11-4-6-12(16)7-5-11/h4-7,13-14,17H,8-10H2,1-3H3. The van der Waals surface area contributed by atoms with Gasteiger partial charge in [0, 0.05) is 11.6 Å². The lowest BCUT2D eigenvalue weighted by Gasteiger charge is -2.41. The van der Waals surface area contributed by atoms with Crippen molar-refractivity contribution < 1.29 is 0 Å². The van der Waals surface area contributed by atoms with Crippen LogP contribution >= 0.6 is 11.6 Å². The van der Waals surface area contributed by atoms with Gasteiger partial charge in [0.2, 0.25) is 0 Å². The summed E-state index contributed by atoms with van der Waals surface area (Å²) in [6.07, 6.45) is 1.26. The van der Waals surface area contributed by atoms with Crippen LogP contribution < -0.4 is 5.32 Å². The summed E-state index contributed by atoms with van der Waals surface area (Å²) >= 11 is 5.96. The van der Waals surface area contributed by atoms with Crippen molar-refractivity contribution in [1.82, 2.24) is 5.32 Å². The molecule has 1 heterocycles. The van der Waals surface area contributed by atoms with E-state index >= 15 is 0 Å². The van der Waals surface area contributed by atoms with Crippen LogP contribution in [-0.2, 0) is 0 Å². The van der Waals surface area contributed by atoms with Gasteiger partial charge < -0.3 is 5.32 Å². The molecule has 0 amide bonds. The van der Waals surface area contributed by atoms with E-state index in [4.69, 9.17) is 11.6 Å². The molecule has 1 fully saturated rings. The molecule has 2 rings (SSSR count). The zero-order valence-electron chi connectivity index (χ0n) is 11.0. The zero-order valence-corrected chi connectivity index (χ0v) is 11.7. The van der Waals surface area contributed by atoms with Crippen LogP contribution in [0.2, 0.25) is 5.02 Å². The molecule has 1 aromatic carbocycles. The molecular weight excluding hydrogens is 230 g/mol. The second-order valence-electron chi connectivity index (χ2n) is 6.12. The maximum atomic E-state index is 5.96. The van der Waals surface area contributed by atoms with Gasteiger partial charge in [-0.1, -0.05) is 44.5 Å². The van der Waals surface area contributed by atoms with Gasteiger partial charge in [-0.15, -0.1) is 0 Å². The van der Waals surface area contributed by atoms with Crippen molar-refractivity contribution in [3.63, 3.8) is 0 Å². The number of halogens is 1. The Hall–Kier alpha value is -0.530. The predicted octanol–water partition coefficient (Wildman–Crippen LogP) is 4.08. The molecule has 0 spiro atoms. The van der Waals surface area contributed by atoms with Crippen molar-refractivity contribution >= 4 is 11.6 Å². The van der Waals surface area contributed by atoms with Crippen LogP contribution in [0.1, 0.15) is 38.7 Å². The van der Waals surface area contributed by atoms with Gasteiger partial charge in [-0.05, 0) is 47.9 Å². The fraction of sp³-hybridized carbons (Fsp3) is 0.600. The summed E-state index contributed by atoms with van der Waals surface area (Å²) in [6.45, 7) is 9.29. The third kappa shape index (κ3) is 3.02. The molecule has 0 aromatic heterocycles. The molecular formula is C15H22ClN. The molecule has 1 saturated heterocycles. The van der Waals surface area contributed by atoms with Crippen molar-refractivity contribution in [2.75, 3.05) is 13.1 Å². The highest BCUT2D eigenvalue weighted by molar-refractivity contribution is 6.30. The van der Waals surface area contributed by atoms with E-state index in [-0.39, 0.29) is 0 Å². The highest BCUT2D eigenvalue weighted by atomic mass is 35.5. The lowest BCUT2D eigenvalue weighted by Crippen LogP contribution is -2.40. The third-order valence-corrected chi connectivity index (χ3v) is 4.14. The maximum absolute atomic E-state index is 5.96. The van der Waals surface area contributed by atoms with Crippen LogP contribution in [0.15, 0.2) is 24.3 Å². The lowest BCUT2D eigenvalue weighted by molar-refractivity contribution is 0.160. The fourth-order valence-corrected chi connectivity index (χ4v) is 3.08. The Kier molecular flexibility index (Phi) is 3.79. The molecule has 1 N–H and O–H groups in total. The normalized spacial score (nSPS) is 25.9.